The predicted octanol–water partition coefficient (Wildman–Crippen LogP) is 1.81. The van der Waals surface area contributed by atoms with Gasteiger partial charge in [-0.3, -0.25) is 9.78 Å². The van der Waals surface area contributed by atoms with E-state index in [2.05, 4.69) is 27.1 Å². The number of nitrogens with zero attached hydrogens (tertiary/aromatic N) is 4. The van der Waals surface area contributed by atoms with Gasteiger partial charge in [-0.15, -0.1) is 0 Å². The minimum Gasteiger partial charge on any atom is -0.491 e. The molecule has 0 saturated carbocycles. The first kappa shape index (κ1) is 17.7. The summed E-state index contributed by atoms with van der Waals surface area (Å²) in [5, 5.41) is 3.05. The molecule has 29 heavy (non-hydrogen) atoms. The Balaban J connectivity index is 1.82. The number of ether oxygens (including phenoxy) is 1. The first-order valence-electron chi connectivity index (χ1n) is 9.69. The Morgan fingerprint density at radius 2 is 2.07 bits per heavy atom. The van der Waals surface area contributed by atoms with E-state index in [9.17, 15) is 9.59 Å². The number of carbonyl (C=O) groups is 1. The van der Waals surface area contributed by atoms with E-state index in [0.29, 0.717) is 53.2 Å². The zero-order valence-corrected chi connectivity index (χ0v) is 16.5. The highest BCUT2D eigenvalue weighted by molar-refractivity contribution is 6.01. The second-order valence-corrected chi connectivity index (χ2v) is 8.18. The van der Waals surface area contributed by atoms with Gasteiger partial charge < -0.3 is 15.0 Å². The summed E-state index contributed by atoms with van der Waals surface area (Å²) in [5.74, 6) is 1.71. The summed E-state index contributed by atoms with van der Waals surface area (Å²) in [5.41, 5.74) is 0.524. The van der Waals surface area contributed by atoms with E-state index in [4.69, 9.17) is 9.72 Å². The second-order valence-electron chi connectivity index (χ2n) is 8.18. The molecular weight excluding hydrogens is 372 g/mol. The molecule has 0 fully saturated rings. The van der Waals surface area contributed by atoms with Crippen molar-refractivity contribution in [3.8, 4) is 11.6 Å². The summed E-state index contributed by atoms with van der Waals surface area (Å²) < 4.78 is 7.49. The molecule has 0 aromatic carbocycles. The normalized spacial score (nSPS) is 20.4. The zero-order chi connectivity index (χ0) is 20.3. The van der Waals surface area contributed by atoms with E-state index in [-0.39, 0.29) is 11.6 Å². The average Bonchev–Trinajstić information content (AvgIpc) is 3.00. The number of anilines is 1. The van der Waals surface area contributed by atoms with E-state index in [0.717, 1.165) is 6.42 Å². The lowest BCUT2D eigenvalue weighted by Gasteiger charge is -2.45. The third-order valence-electron chi connectivity index (χ3n) is 5.59. The van der Waals surface area contributed by atoms with Crippen LogP contribution in [0.2, 0.25) is 0 Å². The van der Waals surface area contributed by atoms with Crippen LogP contribution in [0.1, 0.15) is 37.6 Å². The van der Waals surface area contributed by atoms with Gasteiger partial charge in [0.1, 0.15) is 28.6 Å². The van der Waals surface area contributed by atoms with E-state index in [1.165, 1.54) is 4.57 Å². The summed E-state index contributed by atoms with van der Waals surface area (Å²) in [4.78, 5) is 39.3. The maximum atomic E-state index is 12.8. The largest absolute Gasteiger partial charge is 0.491 e. The topological polar surface area (TPSA) is 105 Å². The molecule has 2 aliphatic heterocycles. The molecule has 150 valence electrons. The van der Waals surface area contributed by atoms with Crippen molar-refractivity contribution in [2.45, 2.75) is 32.9 Å². The summed E-state index contributed by atoms with van der Waals surface area (Å²) in [6, 6.07) is 5.15. The molecule has 0 saturated heterocycles. The van der Waals surface area contributed by atoms with Crippen LogP contribution in [0.15, 0.2) is 29.2 Å². The van der Waals surface area contributed by atoms with Gasteiger partial charge in [0.2, 0.25) is 0 Å². The van der Waals surface area contributed by atoms with Gasteiger partial charge in [0.05, 0.1) is 12.2 Å². The molecule has 0 radical (unpaired) electrons. The Labute approximate surface area is 166 Å². The number of hydrogen-bond acceptors (Lipinski definition) is 6. The molecule has 3 aromatic heterocycles. The Kier molecular flexibility index (Phi) is 3.71. The number of rotatable bonds is 0. The molecule has 3 aromatic rings. The minimum absolute atomic E-state index is 0.169. The molecule has 5 heterocycles. The average molecular weight is 394 g/mol. The molecule has 0 unspecified atom stereocenters. The third-order valence-corrected chi connectivity index (χ3v) is 5.59. The molecule has 0 aliphatic carbocycles. The van der Waals surface area contributed by atoms with Crippen LogP contribution in [0.4, 0.5) is 5.82 Å². The standard InChI is InChI=1S/C20H22N6O3/c1-11-7-9-29-13-6-8-21-16-15(13)26(19(28)23-16)14-5-4-12-17(22-14)25(10-11)20(2,3)24-18(12)27/h4-6,8,11H,7,9-10H2,1-3H3,(H,24,27)(H,21,23,28)/t11-/m1/s1. The van der Waals surface area contributed by atoms with Crippen LogP contribution in [-0.2, 0) is 0 Å². The Hall–Kier alpha value is -3.36. The Morgan fingerprint density at radius 1 is 1.24 bits per heavy atom. The van der Waals surface area contributed by atoms with Gasteiger partial charge in [0.15, 0.2) is 5.65 Å². The molecule has 2 aliphatic rings. The molecule has 9 heteroatoms. The van der Waals surface area contributed by atoms with Crippen molar-refractivity contribution < 1.29 is 9.53 Å². The highest BCUT2D eigenvalue weighted by Gasteiger charge is 2.38. The summed E-state index contributed by atoms with van der Waals surface area (Å²) in [6.45, 7) is 7.27. The number of H-pyrrole nitrogens is 1. The van der Waals surface area contributed by atoms with Gasteiger partial charge in [-0.1, -0.05) is 6.92 Å². The number of amides is 1. The molecule has 1 atom stereocenters. The number of fused-ring (bicyclic) bond motifs is 2. The smallest absolute Gasteiger partial charge is 0.333 e. The molecule has 9 nitrogen and oxygen atoms in total. The lowest BCUT2D eigenvalue weighted by molar-refractivity contribution is 0.0894. The van der Waals surface area contributed by atoms with Crippen molar-refractivity contribution in [2.75, 3.05) is 18.1 Å². The lowest BCUT2D eigenvalue weighted by Crippen LogP contribution is -2.61. The first-order valence-corrected chi connectivity index (χ1v) is 9.69. The van der Waals surface area contributed by atoms with Crippen molar-refractivity contribution >= 4 is 22.9 Å². The highest BCUT2D eigenvalue weighted by atomic mass is 16.5. The SMILES string of the molecule is C[C@@H]1CCOc2ccnc3[nH]c(=O)n(c23)-c2ccc3c(n2)N(C1)C(C)(C)NC3=O. The number of aromatic nitrogens is 4. The Bertz CT molecular complexity index is 1190. The van der Waals surface area contributed by atoms with Crippen LogP contribution < -0.4 is 20.6 Å². The van der Waals surface area contributed by atoms with Crippen molar-refractivity contribution in [3.63, 3.8) is 0 Å². The highest BCUT2D eigenvalue weighted by Crippen LogP contribution is 2.33. The van der Waals surface area contributed by atoms with Crippen LogP contribution in [0.25, 0.3) is 17.0 Å². The van der Waals surface area contributed by atoms with Crippen molar-refractivity contribution in [2.24, 2.45) is 5.92 Å². The van der Waals surface area contributed by atoms with E-state index in [1.807, 2.05) is 13.8 Å². The lowest BCUT2D eigenvalue weighted by atomic mass is 10.0. The van der Waals surface area contributed by atoms with Gasteiger partial charge >= 0.3 is 5.69 Å². The fourth-order valence-corrected chi connectivity index (χ4v) is 4.05. The van der Waals surface area contributed by atoms with Gasteiger partial charge in [-0.25, -0.2) is 19.3 Å². The molecule has 1 amide bonds. The number of nitrogens with one attached hydrogen (secondary N) is 2. The molecule has 2 bridgehead atoms. The number of carbonyl (C=O) groups excluding carboxylic acids is 1. The van der Waals surface area contributed by atoms with Gasteiger partial charge in [-0.05, 0) is 38.3 Å². The van der Waals surface area contributed by atoms with Crippen LogP contribution in [0.5, 0.6) is 5.75 Å². The third kappa shape index (κ3) is 2.68. The predicted molar refractivity (Wildman–Crippen MR) is 108 cm³/mol. The summed E-state index contributed by atoms with van der Waals surface area (Å²) >= 11 is 0. The van der Waals surface area contributed by atoms with Crippen LogP contribution in [-0.4, -0.2) is 44.2 Å². The van der Waals surface area contributed by atoms with Crippen LogP contribution in [0, 0.1) is 5.92 Å². The summed E-state index contributed by atoms with van der Waals surface area (Å²) in [7, 11) is 0. The first-order chi connectivity index (χ1) is 13.8. The van der Waals surface area contributed by atoms with Crippen LogP contribution >= 0.6 is 0 Å². The maximum absolute atomic E-state index is 12.8. The van der Waals surface area contributed by atoms with Gasteiger partial charge in [0.25, 0.3) is 5.91 Å². The van der Waals surface area contributed by atoms with Crippen LogP contribution in [0.3, 0.4) is 0 Å². The second kappa shape index (κ2) is 6.07. The minimum atomic E-state index is -0.604. The van der Waals surface area contributed by atoms with Crippen molar-refractivity contribution in [1.82, 2.24) is 24.8 Å². The zero-order valence-electron chi connectivity index (χ0n) is 16.5. The molecule has 2 N–H and O–H groups in total. The molecule has 5 rings (SSSR count). The van der Waals surface area contributed by atoms with E-state index in [1.54, 1.807) is 24.4 Å². The van der Waals surface area contributed by atoms with E-state index >= 15 is 0 Å². The fraction of sp³-hybridized carbons (Fsp3) is 0.400. The summed E-state index contributed by atoms with van der Waals surface area (Å²) in [6.07, 6.45) is 2.43. The van der Waals surface area contributed by atoms with Crippen molar-refractivity contribution in [1.29, 1.82) is 0 Å². The number of hydrogen-bond donors (Lipinski definition) is 2. The number of pyridine rings is 2. The van der Waals surface area contributed by atoms with Crippen molar-refractivity contribution in [3.05, 3.63) is 40.4 Å². The Morgan fingerprint density at radius 3 is 2.90 bits per heavy atom. The number of aromatic amines is 1. The van der Waals surface area contributed by atoms with Gasteiger partial charge in [-0.2, -0.15) is 0 Å². The molecule has 0 spiro atoms. The van der Waals surface area contributed by atoms with E-state index < -0.39 is 5.66 Å². The fourth-order valence-electron chi connectivity index (χ4n) is 4.05. The number of imidazole rings is 1. The molecular formula is C20H22N6O3. The monoisotopic (exact) mass is 394 g/mol. The quantitative estimate of drug-likeness (QED) is 0.603. The maximum Gasteiger partial charge on any atom is 0.333 e. The van der Waals surface area contributed by atoms with Gasteiger partial charge in [0, 0.05) is 18.8 Å².